The number of hydrogen-bond donors (Lipinski definition) is 0. The second-order valence-electron chi connectivity index (χ2n) is 16.5. The summed E-state index contributed by atoms with van der Waals surface area (Å²) in [6.45, 7) is 11.1. The first-order valence-electron chi connectivity index (χ1n) is 23.9. The van der Waals surface area contributed by atoms with Crippen LogP contribution in [0.1, 0.15) is 281 Å². The van der Waals surface area contributed by atoms with Crippen molar-refractivity contribution >= 4 is 0 Å². The zero-order chi connectivity index (χ0) is 36.7. The third kappa shape index (κ3) is 30.1. The van der Waals surface area contributed by atoms with Crippen LogP contribution in [0.5, 0.6) is 0 Å². The molecule has 0 aliphatic carbocycles. The lowest BCUT2D eigenvalue weighted by molar-refractivity contribution is 0.538. The summed E-state index contributed by atoms with van der Waals surface area (Å²) in [6.07, 6.45) is 56.1. The van der Waals surface area contributed by atoms with Crippen LogP contribution in [0, 0.1) is 6.92 Å². The highest BCUT2D eigenvalue weighted by Crippen LogP contribution is 2.23. The van der Waals surface area contributed by atoms with Crippen molar-refractivity contribution in [2.24, 2.45) is 0 Å². The number of unbranched alkanes of at least 4 members (excludes halogenated alkanes) is 33. The van der Waals surface area contributed by atoms with Crippen molar-refractivity contribution < 1.29 is 0 Å². The number of nitrogens with zero attached hydrogens (tertiary/aromatic N) is 2. The lowest BCUT2D eigenvalue weighted by Gasteiger charge is -2.16. The van der Waals surface area contributed by atoms with E-state index in [1.165, 1.54) is 249 Å². The van der Waals surface area contributed by atoms with Crippen molar-refractivity contribution in [2.45, 2.75) is 284 Å². The molecular formula is C49H93N2. The average Bonchev–Trinajstić information content (AvgIpc) is 3.13. The van der Waals surface area contributed by atoms with Gasteiger partial charge in [-0.1, -0.05) is 240 Å². The van der Waals surface area contributed by atoms with E-state index in [-0.39, 0.29) is 0 Å². The molecule has 1 aromatic rings. The van der Waals surface area contributed by atoms with Crippen LogP contribution in [-0.4, -0.2) is 9.97 Å². The van der Waals surface area contributed by atoms with Crippen LogP contribution < -0.4 is 0 Å². The molecule has 1 radical (unpaired) electrons. The first kappa shape index (κ1) is 48.1. The van der Waals surface area contributed by atoms with Crippen LogP contribution in [0.2, 0.25) is 0 Å². The van der Waals surface area contributed by atoms with Crippen molar-refractivity contribution in [1.82, 2.24) is 9.97 Å². The second-order valence-corrected chi connectivity index (χ2v) is 16.5. The Bertz CT molecular complexity index is 782. The standard InChI is InChI=1S/C49H93N2/c1-5-9-12-15-18-21-24-27-30-33-36-39-43-46-47(44-40-37-34-31-28-25-22-19-16-13-10-6-2)50-49(42-8-4)51-48(46)45-41-38-35-32-29-26-23-20-17-14-11-7-3/h4-45H2,1-3H3. The minimum atomic E-state index is 0.897. The van der Waals surface area contributed by atoms with Gasteiger partial charge >= 0.3 is 0 Å². The summed E-state index contributed by atoms with van der Waals surface area (Å²) in [6, 6.07) is 0. The van der Waals surface area contributed by atoms with Crippen LogP contribution in [0.3, 0.4) is 0 Å². The maximum absolute atomic E-state index is 5.25. The average molecular weight is 710 g/mol. The van der Waals surface area contributed by atoms with E-state index in [9.17, 15) is 0 Å². The number of hydrogen-bond acceptors (Lipinski definition) is 2. The van der Waals surface area contributed by atoms with E-state index in [4.69, 9.17) is 9.97 Å². The van der Waals surface area contributed by atoms with Crippen LogP contribution in [0.15, 0.2) is 0 Å². The molecule has 0 saturated carbocycles. The van der Waals surface area contributed by atoms with Crippen LogP contribution >= 0.6 is 0 Å². The van der Waals surface area contributed by atoms with Crippen LogP contribution in [0.25, 0.3) is 0 Å². The van der Waals surface area contributed by atoms with Crippen LogP contribution in [0.4, 0.5) is 0 Å². The fourth-order valence-electron chi connectivity index (χ4n) is 8.02. The lowest BCUT2D eigenvalue weighted by atomic mass is 9.96. The Kier molecular flexibility index (Phi) is 36.6. The van der Waals surface area contributed by atoms with Gasteiger partial charge in [0.15, 0.2) is 0 Å². The Balaban J connectivity index is 2.56. The molecule has 0 atom stereocenters. The minimum absolute atomic E-state index is 0.897. The molecule has 51 heavy (non-hydrogen) atoms. The molecule has 0 spiro atoms. The monoisotopic (exact) mass is 710 g/mol. The zero-order valence-corrected chi connectivity index (χ0v) is 35.6. The maximum Gasteiger partial charge on any atom is 0.128 e. The molecule has 0 unspecified atom stereocenters. The van der Waals surface area contributed by atoms with Gasteiger partial charge in [-0.25, -0.2) is 9.97 Å². The molecule has 0 N–H and O–H groups in total. The van der Waals surface area contributed by atoms with Gasteiger partial charge in [0.1, 0.15) is 5.82 Å². The second kappa shape index (κ2) is 38.8. The molecule has 0 bridgehead atoms. The molecule has 0 aliphatic rings. The van der Waals surface area contributed by atoms with Crippen molar-refractivity contribution in [1.29, 1.82) is 0 Å². The number of rotatable bonds is 41. The lowest BCUT2D eigenvalue weighted by Crippen LogP contribution is -2.11. The predicted octanol–water partition coefficient (Wildman–Crippen LogP) is 17.0. The molecule has 2 heteroatoms. The Hall–Kier alpha value is -0.920. The molecule has 0 fully saturated rings. The van der Waals surface area contributed by atoms with Gasteiger partial charge in [0.2, 0.25) is 0 Å². The van der Waals surface area contributed by atoms with Crippen molar-refractivity contribution in [3.05, 3.63) is 29.7 Å². The summed E-state index contributed by atoms with van der Waals surface area (Å²) in [5.41, 5.74) is 4.39. The van der Waals surface area contributed by atoms with E-state index in [1.54, 1.807) is 5.56 Å². The molecule has 1 heterocycles. The highest BCUT2D eigenvalue weighted by atomic mass is 14.9. The molecule has 0 aromatic carbocycles. The highest BCUT2D eigenvalue weighted by molar-refractivity contribution is 5.27. The fourth-order valence-corrected chi connectivity index (χ4v) is 8.02. The van der Waals surface area contributed by atoms with Gasteiger partial charge in [0.25, 0.3) is 0 Å². The minimum Gasteiger partial charge on any atom is -0.238 e. The van der Waals surface area contributed by atoms with E-state index in [0.717, 1.165) is 31.5 Å². The van der Waals surface area contributed by atoms with Crippen molar-refractivity contribution in [2.75, 3.05) is 0 Å². The first-order chi connectivity index (χ1) is 25.3. The highest BCUT2D eigenvalue weighted by Gasteiger charge is 2.14. The Labute approximate surface area is 322 Å². The quantitative estimate of drug-likeness (QED) is 0.0633. The largest absolute Gasteiger partial charge is 0.238 e. The van der Waals surface area contributed by atoms with E-state index in [0.29, 0.717) is 0 Å². The number of aromatic nitrogens is 2. The predicted molar refractivity (Wildman–Crippen MR) is 230 cm³/mol. The molecule has 1 aromatic heterocycles. The molecule has 0 saturated heterocycles. The maximum atomic E-state index is 5.25. The number of aryl methyl sites for hydroxylation is 3. The SMILES string of the molecule is [CH2]CCc1nc(CCCCCCCCCCCCCC)c(CCCCCCCCCCCCCC)c(CCCCCCCCCCCCCC)n1. The van der Waals surface area contributed by atoms with Gasteiger partial charge in [-0.2, -0.15) is 0 Å². The molecule has 0 amide bonds. The molecule has 299 valence electrons. The third-order valence-electron chi connectivity index (χ3n) is 11.4. The third-order valence-corrected chi connectivity index (χ3v) is 11.4. The summed E-state index contributed by atoms with van der Waals surface area (Å²) in [4.78, 5) is 10.5. The van der Waals surface area contributed by atoms with Gasteiger partial charge in [-0.15, -0.1) is 0 Å². The van der Waals surface area contributed by atoms with Gasteiger partial charge in [-0.3, -0.25) is 0 Å². The Morgan fingerprint density at radius 1 is 0.294 bits per heavy atom. The summed E-state index contributed by atoms with van der Waals surface area (Å²) in [5, 5.41) is 0. The van der Waals surface area contributed by atoms with Gasteiger partial charge < -0.3 is 0 Å². The molecule has 1 rings (SSSR count). The van der Waals surface area contributed by atoms with E-state index < -0.39 is 0 Å². The van der Waals surface area contributed by atoms with E-state index in [1.807, 2.05) is 0 Å². The Morgan fingerprint density at radius 2 is 0.529 bits per heavy atom. The molecule has 2 nitrogen and oxygen atoms in total. The fraction of sp³-hybridized carbons (Fsp3) is 0.898. The van der Waals surface area contributed by atoms with Gasteiger partial charge in [0.05, 0.1) is 0 Å². The molecule has 0 aliphatic heterocycles. The summed E-state index contributed by atoms with van der Waals surface area (Å²) < 4.78 is 0. The first-order valence-corrected chi connectivity index (χ1v) is 23.9. The molecular weight excluding hydrogens is 617 g/mol. The zero-order valence-electron chi connectivity index (χ0n) is 35.6. The van der Waals surface area contributed by atoms with E-state index >= 15 is 0 Å². The van der Waals surface area contributed by atoms with Gasteiger partial charge in [-0.05, 0) is 50.5 Å². The van der Waals surface area contributed by atoms with Crippen LogP contribution in [-0.2, 0) is 25.7 Å². The van der Waals surface area contributed by atoms with Gasteiger partial charge in [0, 0.05) is 17.8 Å². The van der Waals surface area contributed by atoms with E-state index in [2.05, 4.69) is 27.7 Å². The normalized spacial score (nSPS) is 11.6. The summed E-state index contributed by atoms with van der Waals surface area (Å²) in [5.74, 6) is 1.08. The van der Waals surface area contributed by atoms with Crippen molar-refractivity contribution in [3.8, 4) is 0 Å². The Morgan fingerprint density at radius 3 is 0.784 bits per heavy atom. The van der Waals surface area contributed by atoms with Crippen molar-refractivity contribution in [3.63, 3.8) is 0 Å². The summed E-state index contributed by atoms with van der Waals surface area (Å²) >= 11 is 0. The smallest absolute Gasteiger partial charge is 0.128 e. The summed E-state index contributed by atoms with van der Waals surface area (Å²) in [7, 11) is 0. The topological polar surface area (TPSA) is 25.8 Å².